The largest absolute Gasteiger partial charge is 0.478 e. The molecule has 0 bridgehead atoms. The summed E-state index contributed by atoms with van der Waals surface area (Å²) in [6.07, 6.45) is 1.83. The average molecular weight is 218 g/mol. The number of carboxylic acids is 1. The van der Waals surface area contributed by atoms with E-state index in [9.17, 15) is 4.79 Å². The van der Waals surface area contributed by atoms with Gasteiger partial charge in [-0.2, -0.15) is 0 Å². The van der Waals surface area contributed by atoms with Gasteiger partial charge in [-0.25, -0.2) is 4.79 Å². The summed E-state index contributed by atoms with van der Waals surface area (Å²) in [5.41, 5.74) is 2.47. The lowest BCUT2D eigenvalue weighted by Gasteiger charge is -1.92. The van der Waals surface area contributed by atoms with Gasteiger partial charge in [0.1, 0.15) is 0 Å². The summed E-state index contributed by atoms with van der Waals surface area (Å²) in [5.74, 6) is -0.829. The van der Waals surface area contributed by atoms with Gasteiger partial charge in [0.15, 0.2) is 0 Å². The maximum atomic E-state index is 10.1. The summed E-state index contributed by atoms with van der Waals surface area (Å²) < 4.78 is 0. The quantitative estimate of drug-likeness (QED) is 0.767. The lowest BCUT2D eigenvalue weighted by molar-refractivity contribution is -0.132. The predicted octanol–water partition coefficient (Wildman–Crippen LogP) is 3.76. The van der Waals surface area contributed by atoms with Gasteiger partial charge in [0, 0.05) is 5.57 Å². The SMILES string of the molecule is C=Cc1ccccc1.CC(C)=C(C)C(=O)O. The zero-order chi connectivity index (χ0) is 12.6. The van der Waals surface area contributed by atoms with Crippen molar-refractivity contribution < 1.29 is 9.90 Å². The Hall–Kier alpha value is -1.83. The molecule has 16 heavy (non-hydrogen) atoms. The Kier molecular flexibility index (Phi) is 6.61. The van der Waals surface area contributed by atoms with E-state index in [0.29, 0.717) is 5.57 Å². The van der Waals surface area contributed by atoms with Crippen molar-refractivity contribution in [1.82, 2.24) is 0 Å². The Balaban J connectivity index is 0.000000281. The summed E-state index contributed by atoms with van der Waals surface area (Å²) in [6.45, 7) is 8.79. The van der Waals surface area contributed by atoms with E-state index in [4.69, 9.17) is 5.11 Å². The van der Waals surface area contributed by atoms with Crippen LogP contribution in [0.2, 0.25) is 0 Å². The number of benzene rings is 1. The number of carbonyl (C=O) groups is 1. The van der Waals surface area contributed by atoms with Crippen LogP contribution in [0.15, 0.2) is 48.1 Å². The van der Waals surface area contributed by atoms with Gasteiger partial charge in [-0.05, 0) is 26.3 Å². The van der Waals surface area contributed by atoms with Gasteiger partial charge in [-0.1, -0.05) is 48.6 Å². The number of aliphatic carboxylic acids is 1. The first-order chi connectivity index (χ1) is 7.49. The van der Waals surface area contributed by atoms with E-state index < -0.39 is 5.97 Å². The molecular formula is C14H18O2. The lowest BCUT2D eigenvalue weighted by Crippen LogP contribution is -1.97. The van der Waals surface area contributed by atoms with Crippen LogP contribution >= 0.6 is 0 Å². The minimum Gasteiger partial charge on any atom is -0.478 e. The summed E-state index contributed by atoms with van der Waals surface area (Å²) in [6, 6.07) is 10.0. The first kappa shape index (κ1) is 14.2. The molecule has 1 N–H and O–H groups in total. The second kappa shape index (κ2) is 7.46. The van der Waals surface area contributed by atoms with Crippen molar-refractivity contribution in [2.45, 2.75) is 20.8 Å². The molecule has 0 aliphatic heterocycles. The van der Waals surface area contributed by atoms with Gasteiger partial charge >= 0.3 is 5.97 Å². The van der Waals surface area contributed by atoms with Crippen LogP contribution in [0.3, 0.4) is 0 Å². The molecular weight excluding hydrogens is 200 g/mol. The molecule has 0 aliphatic rings. The van der Waals surface area contributed by atoms with E-state index in [-0.39, 0.29) is 0 Å². The standard InChI is InChI=1S/C8H8.C6H10O2/c1-2-8-6-4-3-5-7-8;1-4(2)5(3)6(7)8/h2-7H,1H2;1-3H3,(H,7,8). The van der Waals surface area contributed by atoms with Crippen molar-refractivity contribution in [2.75, 3.05) is 0 Å². The second-order valence-corrected chi connectivity index (χ2v) is 3.54. The van der Waals surface area contributed by atoms with E-state index in [2.05, 4.69) is 6.58 Å². The van der Waals surface area contributed by atoms with E-state index in [1.54, 1.807) is 20.8 Å². The number of hydrogen-bond donors (Lipinski definition) is 1. The molecule has 0 fully saturated rings. The molecule has 0 spiro atoms. The monoisotopic (exact) mass is 218 g/mol. The smallest absolute Gasteiger partial charge is 0.331 e. The molecule has 2 heteroatoms. The Labute approximate surface area is 96.9 Å². The molecule has 2 nitrogen and oxygen atoms in total. The molecule has 1 aromatic rings. The van der Waals surface area contributed by atoms with E-state index >= 15 is 0 Å². The van der Waals surface area contributed by atoms with E-state index in [1.165, 1.54) is 5.56 Å². The van der Waals surface area contributed by atoms with Crippen LogP contribution in [0.4, 0.5) is 0 Å². The van der Waals surface area contributed by atoms with Gasteiger partial charge in [-0.15, -0.1) is 0 Å². The number of hydrogen-bond acceptors (Lipinski definition) is 1. The van der Waals surface area contributed by atoms with Crippen molar-refractivity contribution in [1.29, 1.82) is 0 Å². The van der Waals surface area contributed by atoms with Gasteiger partial charge in [0.25, 0.3) is 0 Å². The summed E-state index contributed by atoms with van der Waals surface area (Å²) in [5, 5.41) is 8.29. The van der Waals surface area contributed by atoms with Crippen molar-refractivity contribution in [3.63, 3.8) is 0 Å². The fraction of sp³-hybridized carbons (Fsp3) is 0.214. The molecule has 86 valence electrons. The van der Waals surface area contributed by atoms with Crippen LogP contribution in [0.1, 0.15) is 26.3 Å². The van der Waals surface area contributed by atoms with Gasteiger partial charge in [-0.3, -0.25) is 0 Å². The van der Waals surface area contributed by atoms with Gasteiger partial charge in [0.2, 0.25) is 0 Å². The lowest BCUT2D eigenvalue weighted by atomic mass is 10.2. The Morgan fingerprint density at radius 2 is 1.69 bits per heavy atom. The highest BCUT2D eigenvalue weighted by Crippen LogP contribution is 1.99. The van der Waals surface area contributed by atoms with Gasteiger partial charge < -0.3 is 5.11 Å². The highest BCUT2D eigenvalue weighted by Gasteiger charge is 1.99. The third-order valence-corrected chi connectivity index (χ3v) is 2.11. The Morgan fingerprint density at radius 1 is 1.19 bits per heavy atom. The average Bonchev–Trinajstić information content (AvgIpc) is 2.29. The number of carboxylic acid groups (broad SMARTS) is 1. The van der Waals surface area contributed by atoms with Crippen molar-refractivity contribution >= 4 is 12.0 Å². The molecule has 0 atom stereocenters. The second-order valence-electron chi connectivity index (χ2n) is 3.54. The minimum absolute atomic E-state index is 0.435. The van der Waals surface area contributed by atoms with Crippen LogP contribution in [-0.4, -0.2) is 11.1 Å². The maximum Gasteiger partial charge on any atom is 0.331 e. The summed E-state index contributed by atoms with van der Waals surface area (Å²) >= 11 is 0. The number of allylic oxidation sites excluding steroid dienone is 1. The van der Waals surface area contributed by atoms with Crippen LogP contribution < -0.4 is 0 Å². The molecule has 0 aliphatic carbocycles. The zero-order valence-corrected chi connectivity index (χ0v) is 10.0. The molecule has 0 radical (unpaired) electrons. The predicted molar refractivity (Wildman–Crippen MR) is 68.2 cm³/mol. The Bertz CT molecular complexity index is 371. The fourth-order valence-corrected chi connectivity index (χ4v) is 0.803. The fourth-order valence-electron chi connectivity index (χ4n) is 0.803. The molecule has 0 unspecified atom stereocenters. The van der Waals surface area contributed by atoms with Crippen LogP contribution in [0, 0.1) is 0 Å². The maximum absolute atomic E-state index is 10.1. The molecule has 0 heterocycles. The molecule has 0 aromatic heterocycles. The molecule has 1 rings (SSSR count). The zero-order valence-electron chi connectivity index (χ0n) is 10.0. The molecule has 1 aromatic carbocycles. The first-order valence-electron chi connectivity index (χ1n) is 5.04. The molecule has 0 saturated heterocycles. The van der Waals surface area contributed by atoms with Crippen molar-refractivity contribution in [3.8, 4) is 0 Å². The van der Waals surface area contributed by atoms with Crippen molar-refractivity contribution in [3.05, 3.63) is 53.6 Å². The summed E-state index contributed by atoms with van der Waals surface area (Å²) in [7, 11) is 0. The highest BCUT2D eigenvalue weighted by atomic mass is 16.4. The Morgan fingerprint density at radius 3 is 1.88 bits per heavy atom. The normalized spacial score (nSPS) is 8.44. The third-order valence-electron chi connectivity index (χ3n) is 2.11. The highest BCUT2D eigenvalue weighted by molar-refractivity contribution is 5.86. The van der Waals surface area contributed by atoms with E-state index in [1.807, 2.05) is 36.4 Å². The van der Waals surface area contributed by atoms with Crippen LogP contribution in [0.25, 0.3) is 6.08 Å². The van der Waals surface area contributed by atoms with E-state index in [0.717, 1.165) is 5.57 Å². The molecule has 0 saturated carbocycles. The minimum atomic E-state index is -0.829. The van der Waals surface area contributed by atoms with Gasteiger partial charge in [0.05, 0.1) is 0 Å². The topological polar surface area (TPSA) is 37.3 Å². The third kappa shape index (κ3) is 5.81. The molecule has 0 amide bonds. The first-order valence-corrected chi connectivity index (χ1v) is 5.04. The van der Waals surface area contributed by atoms with Crippen LogP contribution in [0.5, 0.6) is 0 Å². The number of rotatable bonds is 2. The van der Waals surface area contributed by atoms with Crippen LogP contribution in [-0.2, 0) is 4.79 Å². The summed E-state index contributed by atoms with van der Waals surface area (Å²) in [4.78, 5) is 10.1. The van der Waals surface area contributed by atoms with Crippen molar-refractivity contribution in [2.24, 2.45) is 0 Å².